The van der Waals surface area contributed by atoms with Gasteiger partial charge in [0.05, 0.1) is 11.9 Å². The summed E-state index contributed by atoms with van der Waals surface area (Å²) in [6.07, 6.45) is 4.65. The van der Waals surface area contributed by atoms with E-state index >= 15 is 0 Å². The highest BCUT2D eigenvalue weighted by Gasteiger charge is 2.54. The molecule has 0 aliphatic carbocycles. The summed E-state index contributed by atoms with van der Waals surface area (Å²) in [6.45, 7) is 4.27. The summed E-state index contributed by atoms with van der Waals surface area (Å²) in [5.74, 6) is 0.0230. The van der Waals surface area contributed by atoms with E-state index in [1.165, 1.54) is 19.3 Å². The Kier molecular flexibility index (Phi) is 5.02. The molecule has 0 saturated carbocycles. The van der Waals surface area contributed by atoms with Crippen LogP contribution in [0.25, 0.3) is 0 Å². The molecule has 1 saturated heterocycles. The van der Waals surface area contributed by atoms with Crippen molar-refractivity contribution < 1.29 is 9.53 Å². The molecule has 2 aliphatic heterocycles. The Morgan fingerprint density at radius 1 is 1.00 bits per heavy atom. The molecule has 27 heavy (non-hydrogen) atoms. The fraction of sp³-hybridized carbons (Fsp3) is 0.435. The third kappa shape index (κ3) is 2.79. The summed E-state index contributed by atoms with van der Waals surface area (Å²) in [5.41, 5.74) is 1.74. The van der Waals surface area contributed by atoms with Crippen LogP contribution in [-0.4, -0.2) is 37.2 Å². The molecule has 2 aromatic rings. The minimum absolute atomic E-state index is 0.0230. The van der Waals surface area contributed by atoms with E-state index in [-0.39, 0.29) is 12.1 Å². The Labute approximate surface area is 161 Å². The number of anilines is 1. The topological polar surface area (TPSA) is 32.8 Å². The predicted octanol–water partition coefficient (Wildman–Crippen LogP) is 4.15. The molecular formula is C23H28N2O2. The molecule has 2 aliphatic rings. The third-order valence-corrected chi connectivity index (χ3v) is 6.02. The number of fused-ring (bicyclic) bond motifs is 1. The van der Waals surface area contributed by atoms with Crippen molar-refractivity contribution in [1.82, 2.24) is 4.90 Å². The molecule has 2 heterocycles. The zero-order chi connectivity index (χ0) is 18.9. The van der Waals surface area contributed by atoms with Crippen molar-refractivity contribution in [1.29, 1.82) is 0 Å². The van der Waals surface area contributed by atoms with Gasteiger partial charge in [-0.2, -0.15) is 0 Å². The Bertz CT molecular complexity index is 801. The lowest BCUT2D eigenvalue weighted by Crippen LogP contribution is -2.54. The number of hydrogen-bond donors (Lipinski definition) is 0. The van der Waals surface area contributed by atoms with Crippen LogP contribution in [0.5, 0.6) is 0 Å². The smallest absolute Gasteiger partial charge is 0.269 e. The van der Waals surface area contributed by atoms with Gasteiger partial charge in [-0.3, -0.25) is 14.6 Å². The van der Waals surface area contributed by atoms with Gasteiger partial charge in [0.25, 0.3) is 5.91 Å². The molecule has 2 aromatic carbocycles. The van der Waals surface area contributed by atoms with Crippen LogP contribution in [0.15, 0.2) is 54.6 Å². The van der Waals surface area contributed by atoms with Gasteiger partial charge in [-0.25, -0.2) is 0 Å². The van der Waals surface area contributed by atoms with Crippen molar-refractivity contribution in [3.8, 4) is 0 Å². The summed E-state index contributed by atoms with van der Waals surface area (Å²) in [6, 6.07) is 18.0. The molecule has 0 radical (unpaired) electrons. The van der Waals surface area contributed by atoms with Gasteiger partial charge in [-0.05, 0) is 30.9 Å². The minimum atomic E-state index is -1.07. The number of piperidine rings is 1. The standard InChI is InChI=1S/C23H28N2O2/c1-3-21(24-16-10-5-11-17-24)25-20-15-9-8-14-19(20)23(27-2,22(25)26)18-12-6-4-7-13-18/h4,6-9,12-15,21H,3,5,10-11,16-17H2,1-2H3. The first kappa shape index (κ1) is 18.2. The number of ether oxygens (including phenoxy) is 1. The van der Waals surface area contributed by atoms with Crippen LogP contribution in [0.4, 0.5) is 5.69 Å². The van der Waals surface area contributed by atoms with Crippen LogP contribution in [0.2, 0.25) is 0 Å². The number of hydrogen-bond acceptors (Lipinski definition) is 3. The quantitative estimate of drug-likeness (QED) is 0.799. The number of rotatable bonds is 5. The first-order valence-corrected chi connectivity index (χ1v) is 10.0. The second-order valence-electron chi connectivity index (χ2n) is 7.43. The second kappa shape index (κ2) is 7.45. The zero-order valence-corrected chi connectivity index (χ0v) is 16.2. The van der Waals surface area contributed by atoms with Gasteiger partial charge >= 0.3 is 0 Å². The molecule has 0 aromatic heterocycles. The molecule has 1 amide bonds. The lowest BCUT2D eigenvalue weighted by Gasteiger charge is -2.40. The Morgan fingerprint density at radius 2 is 1.67 bits per heavy atom. The Hall–Kier alpha value is -2.17. The van der Waals surface area contributed by atoms with E-state index in [0.717, 1.165) is 36.3 Å². The van der Waals surface area contributed by atoms with Crippen molar-refractivity contribution in [3.63, 3.8) is 0 Å². The van der Waals surface area contributed by atoms with Gasteiger partial charge in [0.15, 0.2) is 5.60 Å². The number of amides is 1. The molecule has 2 atom stereocenters. The highest BCUT2D eigenvalue weighted by Crippen LogP contribution is 2.48. The average Bonchev–Trinajstić information content (AvgIpc) is 2.99. The second-order valence-corrected chi connectivity index (χ2v) is 7.43. The average molecular weight is 364 g/mol. The van der Waals surface area contributed by atoms with E-state index in [0.29, 0.717) is 0 Å². The lowest BCUT2D eigenvalue weighted by molar-refractivity contribution is -0.136. The van der Waals surface area contributed by atoms with Gasteiger partial charge in [0, 0.05) is 25.8 Å². The van der Waals surface area contributed by atoms with E-state index in [9.17, 15) is 4.79 Å². The molecule has 4 heteroatoms. The fourth-order valence-electron chi connectivity index (χ4n) is 4.76. The largest absolute Gasteiger partial charge is 0.359 e. The molecule has 0 spiro atoms. The molecule has 4 rings (SSSR count). The van der Waals surface area contributed by atoms with Gasteiger partial charge in [0.1, 0.15) is 0 Å². The summed E-state index contributed by atoms with van der Waals surface area (Å²) in [7, 11) is 1.65. The zero-order valence-electron chi connectivity index (χ0n) is 16.2. The maximum Gasteiger partial charge on any atom is 0.269 e. The predicted molar refractivity (Wildman–Crippen MR) is 108 cm³/mol. The summed E-state index contributed by atoms with van der Waals surface area (Å²) >= 11 is 0. The number of nitrogens with zero attached hydrogens (tertiary/aromatic N) is 2. The minimum Gasteiger partial charge on any atom is -0.359 e. The fourth-order valence-corrected chi connectivity index (χ4v) is 4.76. The van der Waals surface area contributed by atoms with Crippen molar-refractivity contribution in [3.05, 3.63) is 65.7 Å². The number of benzene rings is 2. The molecule has 1 fully saturated rings. The first-order chi connectivity index (χ1) is 13.2. The van der Waals surface area contributed by atoms with Crippen molar-refractivity contribution in [2.75, 3.05) is 25.1 Å². The maximum atomic E-state index is 13.9. The number of likely N-dealkylation sites (tertiary alicyclic amines) is 1. The summed E-state index contributed by atoms with van der Waals surface area (Å²) < 4.78 is 6.03. The molecular weight excluding hydrogens is 336 g/mol. The van der Waals surface area contributed by atoms with Crippen LogP contribution in [0.1, 0.15) is 43.7 Å². The lowest BCUT2D eigenvalue weighted by atomic mass is 9.87. The molecule has 142 valence electrons. The highest BCUT2D eigenvalue weighted by molar-refractivity contribution is 6.09. The van der Waals surface area contributed by atoms with E-state index in [1.807, 2.05) is 53.4 Å². The SMILES string of the molecule is CCC(N1CCCCC1)N1C(=O)C(OC)(c2ccccc2)c2ccccc21. The molecule has 2 unspecified atom stereocenters. The normalized spacial score (nSPS) is 24.1. The van der Waals surface area contributed by atoms with Crippen LogP contribution in [0, 0.1) is 0 Å². The third-order valence-electron chi connectivity index (χ3n) is 6.02. The van der Waals surface area contributed by atoms with E-state index in [4.69, 9.17) is 4.74 Å². The van der Waals surface area contributed by atoms with E-state index < -0.39 is 5.60 Å². The van der Waals surface area contributed by atoms with Crippen molar-refractivity contribution in [2.45, 2.75) is 44.4 Å². The van der Waals surface area contributed by atoms with Gasteiger partial charge in [-0.15, -0.1) is 0 Å². The number of carbonyl (C=O) groups is 1. The van der Waals surface area contributed by atoms with Gasteiger partial charge in [-0.1, -0.05) is 61.9 Å². The molecule has 0 N–H and O–H groups in total. The first-order valence-electron chi connectivity index (χ1n) is 10.0. The number of carbonyl (C=O) groups excluding carboxylic acids is 1. The Balaban J connectivity index is 1.84. The number of para-hydroxylation sites is 1. The van der Waals surface area contributed by atoms with Crippen LogP contribution in [-0.2, 0) is 15.1 Å². The van der Waals surface area contributed by atoms with Crippen LogP contribution < -0.4 is 4.90 Å². The van der Waals surface area contributed by atoms with Crippen molar-refractivity contribution in [2.24, 2.45) is 0 Å². The maximum absolute atomic E-state index is 13.9. The van der Waals surface area contributed by atoms with Crippen LogP contribution in [0.3, 0.4) is 0 Å². The van der Waals surface area contributed by atoms with E-state index in [2.05, 4.69) is 17.9 Å². The van der Waals surface area contributed by atoms with Crippen LogP contribution >= 0.6 is 0 Å². The van der Waals surface area contributed by atoms with E-state index in [1.54, 1.807) is 7.11 Å². The van der Waals surface area contributed by atoms with Gasteiger partial charge in [0.2, 0.25) is 0 Å². The highest BCUT2D eigenvalue weighted by atomic mass is 16.5. The Morgan fingerprint density at radius 3 is 2.33 bits per heavy atom. The molecule has 4 nitrogen and oxygen atoms in total. The monoisotopic (exact) mass is 364 g/mol. The van der Waals surface area contributed by atoms with Crippen molar-refractivity contribution >= 4 is 11.6 Å². The summed E-state index contributed by atoms with van der Waals surface area (Å²) in [4.78, 5) is 18.4. The number of methoxy groups -OCH3 is 1. The summed E-state index contributed by atoms with van der Waals surface area (Å²) in [5, 5.41) is 0. The van der Waals surface area contributed by atoms with Gasteiger partial charge < -0.3 is 4.74 Å². The molecule has 0 bridgehead atoms.